The lowest BCUT2D eigenvalue weighted by molar-refractivity contribution is 0.343. The zero-order chi connectivity index (χ0) is 14.7. The normalized spacial score (nSPS) is 11.1. The van der Waals surface area contributed by atoms with Gasteiger partial charge in [0.2, 0.25) is 0 Å². The Kier molecular flexibility index (Phi) is 4.41. The first-order valence-corrected chi connectivity index (χ1v) is 8.35. The predicted molar refractivity (Wildman–Crippen MR) is 86.5 cm³/mol. The van der Waals surface area contributed by atoms with Gasteiger partial charge in [-0.25, -0.2) is 9.97 Å². The Hall–Kier alpha value is -1.59. The van der Waals surface area contributed by atoms with Crippen molar-refractivity contribution in [1.82, 2.24) is 14.5 Å². The molecule has 2 heterocycles. The molecule has 0 aliphatic carbocycles. The summed E-state index contributed by atoms with van der Waals surface area (Å²) in [5.74, 6) is 2.34. The second-order valence-corrected chi connectivity index (χ2v) is 5.69. The Balaban J connectivity index is 2.10. The van der Waals surface area contributed by atoms with E-state index in [2.05, 4.69) is 21.0 Å². The highest BCUT2D eigenvalue weighted by Crippen LogP contribution is 2.27. The zero-order valence-electron chi connectivity index (χ0n) is 11.8. The van der Waals surface area contributed by atoms with Crippen LogP contribution < -0.4 is 4.74 Å². The van der Waals surface area contributed by atoms with Crippen molar-refractivity contribution in [3.63, 3.8) is 0 Å². The molecule has 0 saturated carbocycles. The Morgan fingerprint density at radius 2 is 2.29 bits per heavy atom. The standard InChI is InChI=1S/C15H16ClN3OS/c1-2-20-13-5-3-4-12-15(13)18-14(6-7-16)19(12)8-11-9-21-10-17-11/h3-5,9-10H,2,6-8H2,1H3. The van der Waals surface area contributed by atoms with Crippen molar-refractivity contribution in [3.8, 4) is 5.75 Å². The summed E-state index contributed by atoms with van der Waals surface area (Å²) in [6.45, 7) is 3.31. The predicted octanol–water partition coefficient (Wildman–Crippen LogP) is 3.72. The van der Waals surface area contributed by atoms with E-state index in [9.17, 15) is 0 Å². The summed E-state index contributed by atoms with van der Waals surface area (Å²) >= 11 is 7.52. The van der Waals surface area contributed by atoms with E-state index < -0.39 is 0 Å². The van der Waals surface area contributed by atoms with Gasteiger partial charge in [-0.15, -0.1) is 22.9 Å². The first-order valence-electron chi connectivity index (χ1n) is 6.87. The van der Waals surface area contributed by atoms with Crippen molar-refractivity contribution < 1.29 is 4.74 Å². The summed E-state index contributed by atoms with van der Waals surface area (Å²) in [5.41, 5.74) is 4.85. The van der Waals surface area contributed by atoms with Gasteiger partial charge in [0.05, 0.1) is 29.9 Å². The molecule has 4 nitrogen and oxygen atoms in total. The highest BCUT2D eigenvalue weighted by molar-refractivity contribution is 7.07. The topological polar surface area (TPSA) is 39.9 Å². The van der Waals surface area contributed by atoms with Crippen LogP contribution >= 0.6 is 22.9 Å². The molecule has 6 heteroatoms. The largest absolute Gasteiger partial charge is 0.492 e. The van der Waals surface area contributed by atoms with E-state index in [0.29, 0.717) is 19.0 Å². The SMILES string of the molecule is CCOc1cccc2c1nc(CCCl)n2Cc1cscn1. The van der Waals surface area contributed by atoms with Crippen LogP contribution in [0.4, 0.5) is 0 Å². The van der Waals surface area contributed by atoms with Crippen molar-refractivity contribution in [3.05, 3.63) is 40.6 Å². The number of para-hydroxylation sites is 1. The molecule has 3 rings (SSSR count). The Morgan fingerprint density at radius 3 is 3.00 bits per heavy atom. The molecule has 0 aliphatic heterocycles. The van der Waals surface area contributed by atoms with Crippen LogP contribution in [0.1, 0.15) is 18.4 Å². The molecule has 0 N–H and O–H groups in total. The number of aromatic nitrogens is 3. The Labute approximate surface area is 132 Å². The maximum atomic E-state index is 5.92. The van der Waals surface area contributed by atoms with Crippen molar-refractivity contribution in [1.29, 1.82) is 0 Å². The average molecular weight is 322 g/mol. The fourth-order valence-electron chi connectivity index (χ4n) is 2.37. The molecule has 0 amide bonds. The lowest BCUT2D eigenvalue weighted by Gasteiger charge is -2.07. The van der Waals surface area contributed by atoms with E-state index >= 15 is 0 Å². The summed E-state index contributed by atoms with van der Waals surface area (Å²) < 4.78 is 7.85. The van der Waals surface area contributed by atoms with Crippen molar-refractivity contribution >= 4 is 34.0 Å². The van der Waals surface area contributed by atoms with Crippen molar-refractivity contribution in [2.45, 2.75) is 19.9 Å². The fraction of sp³-hybridized carbons (Fsp3) is 0.333. The third kappa shape index (κ3) is 2.89. The number of thiazole rings is 1. The van der Waals surface area contributed by atoms with Crippen LogP contribution in [0.15, 0.2) is 29.1 Å². The summed E-state index contributed by atoms with van der Waals surface area (Å²) in [7, 11) is 0. The maximum Gasteiger partial charge on any atom is 0.147 e. The minimum absolute atomic E-state index is 0.546. The fourth-order valence-corrected chi connectivity index (χ4v) is 3.09. The van der Waals surface area contributed by atoms with Crippen molar-refractivity contribution in [2.24, 2.45) is 0 Å². The van der Waals surface area contributed by atoms with Gasteiger partial charge in [-0.2, -0.15) is 0 Å². The molecule has 0 aliphatic rings. The first-order chi connectivity index (χ1) is 10.3. The van der Waals surface area contributed by atoms with E-state index in [1.807, 2.05) is 24.6 Å². The number of nitrogens with zero attached hydrogens (tertiary/aromatic N) is 3. The van der Waals surface area contributed by atoms with Gasteiger partial charge >= 0.3 is 0 Å². The molecular formula is C15H16ClN3OS. The number of aryl methyl sites for hydroxylation is 1. The minimum atomic E-state index is 0.546. The molecule has 2 aromatic heterocycles. The Morgan fingerprint density at radius 1 is 1.38 bits per heavy atom. The second kappa shape index (κ2) is 6.45. The number of alkyl halides is 1. The van der Waals surface area contributed by atoms with Gasteiger partial charge in [0.1, 0.15) is 17.1 Å². The third-order valence-corrected chi connectivity index (χ3v) is 4.07. The lowest BCUT2D eigenvalue weighted by atomic mass is 10.3. The van der Waals surface area contributed by atoms with Gasteiger partial charge < -0.3 is 9.30 Å². The molecular weight excluding hydrogens is 306 g/mol. The number of imidazole rings is 1. The maximum absolute atomic E-state index is 5.92. The summed E-state index contributed by atoms with van der Waals surface area (Å²) in [6.07, 6.45) is 0.728. The van der Waals surface area contributed by atoms with Crippen molar-refractivity contribution in [2.75, 3.05) is 12.5 Å². The minimum Gasteiger partial charge on any atom is -0.492 e. The van der Waals surface area contributed by atoms with E-state index in [1.54, 1.807) is 11.3 Å². The molecule has 0 radical (unpaired) electrons. The number of hydrogen-bond donors (Lipinski definition) is 0. The van der Waals surface area contributed by atoms with Crippen LogP contribution in [0, 0.1) is 0 Å². The molecule has 3 aromatic rings. The Bertz CT molecular complexity index is 724. The third-order valence-electron chi connectivity index (χ3n) is 3.24. The van der Waals surface area contributed by atoms with E-state index in [4.69, 9.17) is 21.3 Å². The molecule has 0 saturated heterocycles. The highest BCUT2D eigenvalue weighted by atomic mass is 35.5. The van der Waals surface area contributed by atoms with Gasteiger partial charge in [-0.3, -0.25) is 0 Å². The second-order valence-electron chi connectivity index (χ2n) is 4.59. The molecule has 1 aromatic carbocycles. The number of halogens is 1. The summed E-state index contributed by atoms with van der Waals surface area (Å²) in [6, 6.07) is 6.02. The molecule has 110 valence electrons. The number of ether oxygens (including phenoxy) is 1. The van der Waals surface area contributed by atoms with Crippen LogP contribution in [-0.2, 0) is 13.0 Å². The van der Waals surface area contributed by atoms with Crippen LogP contribution in [0.5, 0.6) is 5.75 Å². The number of fused-ring (bicyclic) bond motifs is 1. The molecule has 0 atom stereocenters. The first kappa shape index (κ1) is 14.4. The quantitative estimate of drug-likeness (QED) is 0.650. The highest BCUT2D eigenvalue weighted by Gasteiger charge is 2.14. The lowest BCUT2D eigenvalue weighted by Crippen LogP contribution is -2.06. The zero-order valence-corrected chi connectivity index (χ0v) is 13.3. The summed E-state index contributed by atoms with van der Waals surface area (Å²) in [5, 5.41) is 2.06. The molecule has 0 spiro atoms. The molecule has 0 bridgehead atoms. The van der Waals surface area contributed by atoms with E-state index in [0.717, 1.165) is 34.7 Å². The van der Waals surface area contributed by atoms with Crippen LogP contribution in [-0.4, -0.2) is 27.0 Å². The van der Waals surface area contributed by atoms with Gasteiger partial charge in [-0.05, 0) is 19.1 Å². The average Bonchev–Trinajstić information content (AvgIpc) is 3.10. The van der Waals surface area contributed by atoms with Gasteiger partial charge in [0.25, 0.3) is 0 Å². The molecule has 0 fully saturated rings. The smallest absolute Gasteiger partial charge is 0.147 e. The monoisotopic (exact) mass is 321 g/mol. The number of benzene rings is 1. The number of rotatable bonds is 6. The molecule has 0 unspecified atom stereocenters. The van der Waals surface area contributed by atoms with E-state index in [-0.39, 0.29) is 0 Å². The van der Waals surface area contributed by atoms with Crippen LogP contribution in [0.3, 0.4) is 0 Å². The van der Waals surface area contributed by atoms with E-state index in [1.165, 1.54) is 0 Å². The molecule has 21 heavy (non-hydrogen) atoms. The number of hydrogen-bond acceptors (Lipinski definition) is 4. The van der Waals surface area contributed by atoms with Crippen LogP contribution in [0.2, 0.25) is 0 Å². The van der Waals surface area contributed by atoms with Gasteiger partial charge in [-0.1, -0.05) is 6.07 Å². The van der Waals surface area contributed by atoms with Gasteiger partial charge in [0.15, 0.2) is 0 Å². The van der Waals surface area contributed by atoms with Gasteiger partial charge in [0, 0.05) is 17.7 Å². The summed E-state index contributed by atoms with van der Waals surface area (Å²) in [4.78, 5) is 9.09. The van der Waals surface area contributed by atoms with Crippen LogP contribution in [0.25, 0.3) is 11.0 Å².